The van der Waals surface area contributed by atoms with Crippen LogP contribution in [-0.4, -0.2) is 55.8 Å². The number of hydrogen-bond donors (Lipinski definition) is 1. The number of nitriles is 1. The maximum absolute atomic E-state index is 12.9. The lowest BCUT2D eigenvalue weighted by atomic mass is 10.1. The van der Waals surface area contributed by atoms with Crippen LogP contribution in [0, 0.1) is 21.4 Å². The minimum atomic E-state index is -3.81. The van der Waals surface area contributed by atoms with Crippen molar-refractivity contribution in [2.24, 2.45) is 0 Å². The molecule has 0 radical (unpaired) electrons. The third-order valence-corrected chi connectivity index (χ3v) is 7.05. The molecule has 1 unspecified atom stereocenters. The lowest BCUT2D eigenvalue weighted by Crippen LogP contribution is -2.47. The molecule has 0 amide bonds. The van der Waals surface area contributed by atoms with Crippen LogP contribution in [0.4, 0.5) is 11.4 Å². The van der Waals surface area contributed by atoms with Crippen LogP contribution in [0.3, 0.4) is 0 Å². The third kappa shape index (κ3) is 4.59. The van der Waals surface area contributed by atoms with Gasteiger partial charge in [0.2, 0.25) is 10.0 Å². The van der Waals surface area contributed by atoms with Crippen LogP contribution in [0.15, 0.2) is 47.4 Å². The number of likely N-dealkylation sites (N-methyl/N-ethyl adjacent to an activating group) is 1. The van der Waals surface area contributed by atoms with Crippen LogP contribution in [0.2, 0.25) is 0 Å². The molecular formula is C20H23N5O4S. The molecule has 0 saturated carbocycles. The van der Waals surface area contributed by atoms with Crippen molar-refractivity contribution in [1.82, 2.24) is 9.21 Å². The monoisotopic (exact) mass is 429 g/mol. The third-order valence-electron chi connectivity index (χ3n) is 5.15. The average molecular weight is 430 g/mol. The molecule has 158 valence electrons. The van der Waals surface area contributed by atoms with E-state index in [1.807, 2.05) is 24.9 Å². The largest absolute Gasteiger partial charge is 0.373 e. The number of nitro benzene ring substituents is 1. The molecule has 1 aliphatic rings. The molecule has 1 saturated heterocycles. The molecule has 1 fully saturated rings. The predicted molar refractivity (Wildman–Crippen MR) is 113 cm³/mol. The van der Waals surface area contributed by atoms with Gasteiger partial charge in [-0.1, -0.05) is 12.1 Å². The van der Waals surface area contributed by atoms with E-state index in [-0.39, 0.29) is 22.3 Å². The van der Waals surface area contributed by atoms with Gasteiger partial charge in [0.15, 0.2) is 0 Å². The average Bonchev–Trinajstić information content (AvgIpc) is 2.74. The molecule has 10 heteroatoms. The van der Waals surface area contributed by atoms with Crippen molar-refractivity contribution in [3.63, 3.8) is 0 Å². The van der Waals surface area contributed by atoms with Gasteiger partial charge in [0.25, 0.3) is 5.69 Å². The molecule has 9 nitrogen and oxygen atoms in total. The zero-order valence-corrected chi connectivity index (χ0v) is 17.6. The molecule has 1 heterocycles. The van der Waals surface area contributed by atoms with E-state index in [0.29, 0.717) is 31.7 Å². The first kappa shape index (κ1) is 21.7. The van der Waals surface area contributed by atoms with Crippen LogP contribution in [0.5, 0.6) is 0 Å². The van der Waals surface area contributed by atoms with Gasteiger partial charge in [0, 0.05) is 38.3 Å². The summed E-state index contributed by atoms with van der Waals surface area (Å²) in [4.78, 5) is 13.0. The van der Waals surface area contributed by atoms with Crippen LogP contribution >= 0.6 is 0 Å². The Morgan fingerprint density at radius 1 is 1.17 bits per heavy atom. The van der Waals surface area contributed by atoms with Gasteiger partial charge in [-0.2, -0.15) is 9.57 Å². The molecule has 0 aliphatic carbocycles. The minimum absolute atomic E-state index is 0.0940. The van der Waals surface area contributed by atoms with Gasteiger partial charge in [-0.15, -0.1) is 0 Å². The number of anilines is 1. The fourth-order valence-electron chi connectivity index (χ4n) is 3.32. The van der Waals surface area contributed by atoms with Crippen LogP contribution in [0.1, 0.15) is 24.1 Å². The second-order valence-corrected chi connectivity index (χ2v) is 9.18. The second-order valence-electron chi connectivity index (χ2n) is 7.25. The summed E-state index contributed by atoms with van der Waals surface area (Å²) in [7, 11) is -1.89. The molecule has 0 spiro atoms. The van der Waals surface area contributed by atoms with E-state index in [4.69, 9.17) is 5.26 Å². The molecule has 1 aliphatic heterocycles. The Balaban J connectivity index is 1.88. The number of rotatable bonds is 6. The van der Waals surface area contributed by atoms with Gasteiger partial charge in [0.1, 0.15) is 5.69 Å². The van der Waals surface area contributed by atoms with Gasteiger partial charge in [0.05, 0.1) is 21.5 Å². The summed E-state index contributed by atoms with van der Waals surface area (Å²) in [5.74, 6) is 0. The number of benzene rings is 2. The normalized spacial score (nSPS) is 16.6. The highest BCUT2D eigenvalue weighted by Crippen LogP contribution is 2.32. The molecule has 2 aromatic rings. The van der Waals surface area contributed by atoms with E-state index >= 15 is 0 Å². The Kier molecular flexibility index (Phi) is 6.36. The van der Waals surface area contributed by atoms with Gasteiger partial charge < -0.3 is 10.2 Å². The predicted octanol–water partition coefficient (Wildman–Crippen LogP) is 2.58. The first-order chi connectivity index (χ1) is 14.2. The lowest BCUT2D eigenvalue weighted by molar-refractivity contribution is -0.384. The van der Waals surface area contributed by atoms with Gasteiger partial charge in [-0.25, -0.2) is 8.42 Å². The van der Waals surface area contributed by atoms with Gasteiger partial charge >= 0.3 is 0 Å². The standard InChI is InChI=1S/C20H23N5O4S/c1-15(17-5-3-4-16(12-17)14-21)22-19-7-6-18(13-20(19)25(26)27)30(28,29)24-10-8-23(2)9-11-24/h3-7,12-13,15,22H,8-11H2,1-2H3. The Hall–Kier alpha value is -3.00. The van der Waals surface area contributed by atoms with Gasteiger partial charge in [-0.3, -0.25) is 10.1 Å². The van der Waals surface area contributed by atoms with Crippen molar-refractivity contribution in [1.29, 1.82) is 5.26 Å². The van der Waals surface area contributed by atoms with E-state index < -0.39 is 14.9 Å². The molecule has 0 aromatic heterocycles. The molecule has 2 aromatic carbocycles. The summed E-state index contributed by atoms with van der Waals surface area (Å²) >= 11 is 0. The molecular weight excluding hydrogens is 406 g/mol. The zero-order valence-electron chi connectivity index (χ0n) is 16.8. The van der Waals surface area contributed by atoms with Crippen LogP contribution < -0.4 is 5.32 Å². The Labute approximate surface area is 175 Å². The van der Waals surface area contributed by atoms with Crippen molar-refractivity contribution in [2.45, 2.75) is 17.9 Å². The highest BCUT2D eigenvalue weighted by molar-refractivity contribution is 7.89. The minimum Gasteiger partial charge on any atom is -0.373 e. The fourth-order valence-corrected chi connectivity index (χ4v) is 4.76. The zero-order chi connectivity index (χ0) is 21.9. The number of nitro groups is 1. The van der Waals surface area contributed by atoms with Crippen molar-refractivity contribution in [2.75, 3.05) is 38.5 Å². The summed E-state index contributed by atoms with van der Waals surface area (Å²) < 4.78 is 27.2. The van der Waals surface area contributed by atoms with Crippen molar-refractivity contribution >= 4 is 21.4 Å². The molecule has 30 heavy (non-hydrogen) atoms. The Morgan fingerprint density at radius 2 is 1.87 bits per heavy atom. The highest BCUT2D eigenvalue weighted by atomic mass is 32.2. The maximum Gasteiger partial charge on any atom is 0.293 e. The van der Waals surface area contributed by atoms with Crippen LogP contribution in [-0.2, 0) is 10.0 Å². The first-order valence-corrected chi connectivity index (χ1v) is 10.9. The van der Waals surface area contributed by atoms with Crippen LogP contribution in [0.25, 0.3) is 0 Å². The topological polar surface area (TPSA) is 120 Å². The first-order valence-electron chi connectivity index (χ1n) is 9.46. The van der Waals surface area contributed by atoms with E-state index in [1.54, 1.807) is 18.2 Å². The summed E-state index contributed by atoms with van der Waals surface area (Å²) in [5.41, 5.74) is 1.18. The molecule has 1 atom stereocenters. The summed E-state index contributed by atoms with van der Waals surface area (Å²) in [6, 6.07) is 12.6. The summed E-state index contributed by atoms with van der Waals surface area (Å²) in [6.07, 6.45) is 0. The maximum atomic E-state index is 12.9. The number of sulfonamides is 1. The highest BCUT2D eigenvalue weighted by Gasteiger charge is 2.30. The molecule has 3 rings (SSSR count). The van der Waals surface area contributed by atoms with E-state index in [9.17, 15) is 18.5 Å². The SMILES string of the molecule is CC(Nc1ccc(S(=O)(=O)N2CCN(C)CC2)cc1[N+](=O)[O-])c1cccc(C#N)c1. The fraction of sp³-hybridized carbons (Fsp3) is 0.350. The lowest BCUT2D eigenvalue weighted by Gasteiger charge is -2.31. The van der Waals surface area contributed by atoms with E-state index in [1.165, 1.54) is 16.4 Å². The van der Waals surface area contributed by atoms with E-state index in [0.717, 1.165) is 11.6 Å². The smallest absolute Gasteiger partial charge is 0.293 e. The van der Waals surface area contributed by atoms with Crippen molar-refractivity contribution in [3.8, 4) is 6.07 Å². The Bertz CT molecular complexity index is 1090. The van der Waals surface area contributed by atoms with Crippen molar-refractivity contribution < 1.29 is 13.3 Å². The molecule has 1 N–H and O–H groups in total. The summed E-state index contributed by atoms with van der Waals surface area (Å²) in [5, 5.41) is 23.8. The van der Waals surface area contributed by atoms with E-state index in [2.05, 4.69) is 11.4 Å². The number of piperazine rings is 1. The number of nitrogens with one attached hydrogen (secondary N) is 1. The number of hydrogen-bond acceptors (Lipinski definition) is 7. The van der Waals surface area contributed by atoms with Gasteiger partial charge in [-0.05, 0) is 43.8 Å². The summed E-state index contributed by atoms with van der Waals surface area (Å²) in [6.45, 7) is 3.73. The number of nitrogens with zero attached hydrogens (tertiary/aromatic N) is 4. The second kappa shape index (κ2) is 8.79. The molecule has 0 bridgehead atoms. The van der Waals surface area contributed by atoms with Crippen molar-refractivity contribution in [3.05, 3.63) is 63.7 Å². The quantitative estimate of drug-likeness (QED) is 0.553. The Morgan fingerprint density at radius 3 is 2.50 bits per heavy atom.